The number of hydrogen-bond donors (Lipinski definition) is 2. The molecule has 0 radical (unpaired) electrons. The van der Waals surface area contributed by atoms with E-state index in [4.69, 9.17) is 10.7 Å². The van der Waals surface area contributed by atoms with E-state index in [0.29, 0.717) is 13.1 Å². The zero-order chi connectivity index (χ0) is 21.8. The van der Waals surface area contributed by atoms with Crippen LogP contribution in [0.25, 0.3) is 0 Å². The Morgan fingerprint density at radius 2 is 2.30 bits per heavy atom. The molecule has 1 unspecified atom stereocenters. The number of nitrogens with one attached hydrogen (secondary N) is 1. The van der Waals surface area contributed by atoms with Gasteiger partial charge in [-0.05, 0) is 45.1 Å². The Balaban J connectivity index is 2.04. The Kier molecular flexibility index (Phi) is 10.2. The number of hydrogen-bond acceptors (Lipinski definition) is 4. The van der Waals surface area contributed by atoms with Gasteiger partial charge in [0.25, 0.3) is 0 Å². The molecular formula is C23H38N6O. The molecule has 0 aromatic carbocycles. The van der Waals surface area contributed by atoms with Gasteiger partial charge in [0, 0.05) is 45.0 Å². The summed E-state index contributed by atoms with van der Waals surface area (Å²) in [5.41, 5.74) is 6.62. The van der Waals surface area contributed by atoms with E-state index in [1.807, 2.05) is 12.1 Å². The van der Waals surface area contributed by atoms with E-state index in [1.165, 1.54) is 12.8 Å². The van der Waals surface area contributed by atoms with Crippen LogP contribution in [0.3, 0.4) is 0 Å². The van der Waals surface area contributed by atoms with E-state index in [0.717, 1.165) is 62.7 Å². The maximum absolute atomic E-state index is 11.7. The zero-order valence-corrected chi connectivity index (χ0v) is 18.6. The molecule has 1 amide bonds. The average molecular weight is 415 g/mol. The molecule has 1 aliphatic rings. The Labute approximate surface area is 181 Å². The minimum atomic E-state index is -0.223. The fourth-order valence-electron chi connectivity index (χ4n) is 3.79. The summed E-state index contributed by atoms with van der Waals surface area (Å²) in [5, 5.41) is 3.39. The Bertz CT molecular complexity index is 705. The maximum Gasteiger partial charge on any atom is 0.222 e. The fourth-order valence-corrected chi connectivity index (χ4v) is 3.79. The molecule has 7 heteroatoms. The molecule has 30 heavy (non-hydrogen) atoms. The van der Waals surface area contributed by atoms with Crippen LogP contribution in [-0.4, -0.2) is 55.0 Å². The van der Waals surface area contributed by atoms with Crippen LogP contribution < -0.4 is 16.0 Å². The van der Waals surface area contributed by atoms with Gasteiger partial charge in [0.15, 0.2) is 5.96 Å². The molecule has 3 N–H and O–H groups in total. The molecule has 0 spiro atoms. The number of allylic oxidation sites excluding steroid dienone is 1. The largest absolute Gasteiger partial charge is 0.369 e. The highest BCUT2D eigenvalue weighted by Gasteiger charge is 2.25. The van der Waals surface area contributed by atoms with Crippen LogP contribution in [0.1, 0.15) is 51.0 Å². The predicted octanol–water partition coefficient (Wildman–Crippen LogP) is 2.93. The number of carbonyl (C=O) groups is 1. The first-order valence-corrected chi connectivity index (χ1v) is 11.1. The fraction of sp³-hybridized carbons (Fsp3) is 0.609. The molecule has 1 aliphatic heterocycles. The SMILES string of the molecule is C=CCCCCCN(C)C(=NCc1cccnc1N1CCCC(C(N)=O)C1)NCC. The van der Waals surface area contributed by atoms with E-state index >= 15 is 0 Å². The normalized spacial score (nSPS) is 16.9. The first-order chi connectivity index (χ1) is 14.6. The Morgan fingerprint density at radius 1 is 1.47 bits per heavy atom. The monoisotopic (exact) mass is 414 g/mol. The van der Waals surface area contributed by atoms with Crippen molar-refractivity contribution < 1.29 is 4.79 Å². The van der Waals surface area contributed by atoms with E-state index in [2.05, 4.69) is 46.7 Å². The van der Waals surface area contributed by atoms with Gasteiger partial charge in [0.2, 0.25) is 5.91 Å². The van der Waals surface area contributed by atoms with Gasteiger partial charge in [-0.3, -0.25) is 4.79 Å². The van der Waals surface area contributed by atoms with Crippen molar-refractivity contribution in [1.82, 2.24) is 15.2 Å². The smallest absolute Gasteiger partial charge is 0.222 e. The lowest BCUT2D eigenvalue weighted by Crippen LogP contribution is -2.42. The molecule has 1 fully saturated rings. The molecule has 1 saturated heterocycles. The van der Waals surface area contributed by atoms with Crippen molar-refractivity contribution in [3.8, 4) is 0 Å². The summed E-state index contributed by atoms with van der Waals surface area (Å²) in [5.74, 6) is 1.49. The Hall–Kier alpha value is -2.57. The van der Waals surface area contributed by atoms with Crippen molar-refractivity contribution in [2.75, 3.05) is 38.1 Å². The molecule has 7 nitrogen and oxygen atoms in total. The van der Waals surface area contributed by atoms with Crippen molar-refractivity contribution in [1.29, 1.82) is 0 Å². The van der Waals surface area contributed by atoms with Gasteiger partial charge in [0.05, 0.1) is 12.5 Å². The summed E-state index contributed by atoms with van der Waals surface area (Å²) >= 11 is 0. The van der Waals surface area contributed by atoms with Gasteiger partial charge in [0.1, 0.15) is 5.82 Å². The number of amides is 1. The van der Waals surface area contributed by atoms with Crippen molar-refractivity contribution in [2.24, 2.45) is 16.6 Å². The van der Waals surface area contributed by atoms with Crippen LogP contribution in [0, 0.1) is 5.92 Å². The van der Waals surface area contributed by atoms with Gasteiger partial charge in [-0.2, -0.15) is 0 Å². The Morgan fingerprint density at radius 3 is 3.03 bits per heavy atom. The minimum Gasteiger partial charge on any atom is -0.369 e. The molecular weight excluding hydrogens is 376 g/mol. The summed E-state index contributed by atoms with van der Waals surface area (Å²) in [7, 11) is 2.08. The third kappa shape index (κ3) is 7.35. The summed E-state index contributed by atoms with van der Waals surface area (Å²) in [4.78, 5) is 25.5. The molecule has 1 aromatic heterocycles. The van der Waals surface area contributed by atoms with E-state index in [-0.39, 0.29) is 11.8 Å². The highest BCUT2D eigenvalue weighted by Crippen LogP contribution is 2.25. The van der Waals surface area contributed by atoms with Crippen molar-refractivity contribution in [3.63, 3.8) is 0 Å². The van der Waals surface area contributed by atoms with Gasteiger partial charge >= 0.3 is 0 Å². The lowest BCUT2D eigenvalue weighted by Gasteiger charge is -2.33. The first-order valence-electron chi connectivity index (χ1n) is 11.1. The number of piperidine rings is 1. The average Bonchev–Trinajstić information content (AvgIpc) is 2.76. The number of carbonyl (C=O) groups excluding carboxylic acids is 1. The second-order valence-corrected chi connectivity index (χ2v) is 7.90. The molecule has 0 bridgehead atoms. The van der Waals surface area contributed by atoms with Crippen molar-refractivity contribution in [3.05, 3.63) is 36.5 Å². The molecule has 2 heterocycles. The zero-order valence-electron chi connectivity index (χ0n) is 18.6. The standard InChI is InChI=1S/C23H38N6O/c1-4-6-7-8-9-15-28(3)23(25-5-2)27-17-19-12-10-14-26-22(19)29-16-11-13-20(18-29)21(24)30/h4,10,12,14,20H,1,5-9,11,13,15-18H2,2-3H3,(H2,24,30)(H,25,27). The van der Waals surface area contributed by atoms with E-state index in [9.17, 15) is 4.79 Å². The molecule has 166 valence electrons. The number of rotatable bonds is 11. The molecule has 0 aliphatic carbocycles. The van der Waals surface area contributed by atoms with Gasteiger partial charge in [-0.1, -0.05) is 18.6 Å². The number of aromatic nitrogens is 1. The van der Waals surface area contributed by atoms with Crippen LogP contribution in [0.15, 0.2) is 36.0 Å². The highest BCUT2D eigenvalue weighted by atomic mass is 16.1. The van der Waals surface area contributed by atoms with Crippen molar-refractivity contribution >= 4 is 17.7 Å². The van der Waals surface area contributed by atoms with Crippen LogP contribution >= 0.6 is 0 Å². The van der Waals surface area contributed by atoms with Crippen LogP contribution in [0.4, 0.5) is 5.82 Å². The summed E-state index contributed by atoms with van der Waals surface area (Å²) < 4.78 is 0. The number of nitrogens with two attached hydrogens (primary N) is 1. The molecule has 1 aromatic rings. The van der Waals surface area contributed by atoms with Gasteiger partial charge in [-0.15, -0.1) is 6.58 Å². The summed E-state index contributed by atoms with van der Waals surface area (Å²) in [6.07, 6.45) is 10.2. The van der Waals surface area contributed by atoms with E-state index in [1.54, 1.807) is 6.20 Å². The van der Waals surface area contributed by atoms with Crippen molar-refractivity contribution in [2.45, 2.75) is 52.0 Å². The molecule has 0 saturated carbocycles. The molecule has 1 atom stereocenters. The van der Waals surface area contributed by atoms with Crippen LogP contribution in [0.2, 0.25) is 0 Å². The highest BCUT2D eigenvalue weighted by molar-refractivity contribution is 5.80. The topological polar surface area (TPSA) is 86.8 Å². The quantitative estimate of drug-likeness (QED) is 0.252. The number of nitrogens with zero attached hydrogens (tertiary/aromatic N) is 4. The number of pyridine rings is 1. The lowest BCUT2D eigenvalue weighted by molar-refractivity contribution is -0.122. The van der Waals surface area contributed by atoms with Crippen LogP contribution in [0.5, 0.6) is 0 Å². The second-order valence-electron chi connectivity index (χ2n) is 7.90. The predicted molar refractivity (Wildman–Crippen MR) is 124 cm³/mol. The third-order valence-corrected chi connectivity index (χ3v) is 5.49. The van der Waals surface area contributed by atoms with Gasteiger partial charge in [-0.25, -0.2) is 9.98 Å². The first kappa shape index (κ1) is 23.7. The minimum absolute atomic E-state index is 0.110. The molecule has 2 rings (SSSR count). The maximum atomic E-state index is 11.7. The van der Waals surface area contributed by atoms with Crippen LogP contribution in [-0.2, 0) is 11.3 Å². The number of aliphatic imine (C=N–C) groups is 1. The number of anilines is 1. The van der Waals surface area contributed by atoms with Gasteiger partial charge < -0.3 is 20.9 Å². The van der Waals surface area contributed by atoms with E-state index < -0.39 is 0 Å². The third-order valence-electron chi connectivity index (χ3n) is 5.49. The number of primary amides is 1. The number of guanidine groups is 1. The summed E-state index contributed by atoms with van der Waals surface area (Å²) in [6, 6.07) is 4.01. The second kappa shape index (κ2) is 12.9. The lowest BCUT2D eigenvalue weighted by atomic mass is 9.97. The number of unbranched alkanes of at least 4 members (excludes halogenated alkanes) is 3. The summed E-state index contributed by atoms with van der Waals surface area (Å²) in [6.45, 7) is 9.73.